The van der Waals surface area contributed by atoms with Crippen molar-refractivity contribution < 1.29 is 13.6 Å². The number of hydrogen-bond acceptors (Lipinski definition) is 3. The van der Waals surface area contributed by atoms with Crippen LogP contribution in [0, 0.1) is 17.6 Å². The Bertz CT molecular complexity index is 1300. The van der Waals surface area contributed by atoms with E-state index in [0.29, 0.717) is 13.1 Å². The number of carbonyl (C=O) groups excluding carboxylic acids is 1. The number of halogens is 2. The summed E-state index contributed by atoms with van der Waals surface area (Å²) in [6, 6.07) is 7.82. The molecule has 1 aliphatic rings. The molecule has 1 fully saturated rings. The molecule has 1 unspecified atom stereocenters. The second-order valence-electron chi connectivity index (χ2n) is 8.99. The van der Waals surface area contributed by atoms with Gasteiger partial charge in [-0.3, -0.25) is 9.89 Å². The van der Waals surface area contributed by atoms with E-state index >= 15 is 0 Å². The third-order valence-electron chi connectivity index (χ3n) is 6.27. The summed E-state index contributed by atoms with van der Waals surface area (Å²) in [4.78, 5) is 19.3. The fourth-order valence-electron chi connectivity index (χ4n) is 4.75. The monoisotopic (exact) mass is 435 g/mol. The number of fused-ring (bicyclic) bond motifs is 1. The Kier molecular flexibility index (Phi) is 4.80. The van der Waals surface area contributed by atoms with Gasteiger partial charge in [-0.05, 0) is 50.5 Å². The van der Waals surface area contributed by atoms with E-state index in [4.69, 9.17) is 0 Å². The van der Waals surface area contributed by atoms with Crippen molar-refractivity contribution in [3.63, 3.8) is 0 Å². The Labute approximate surface area is 183 Å². The summed E-state index contributed by atoms with van der Waals surface area (Å²) in [5, 5.41) is 7.82. The molecule has 4 aromatic rings. The topological polar surface area (TPSA) is 66.8 Å². The number of aromatic amines is 1. The molecule has 1 saturated heterocycles. The number of nitrogens with one attached hydrogen (secondary N) is 1. The number of hydrogen-bond donors (Lipinski definition) is 1. The Morgan fingerprint density at radius 3 is 2.84 bits per heavy atom. The first-order chi connectivity index (χ1) is 15.3. The van der Waals surface area contributed by atoms with Crippen LogP contribution in [0.4, 0.5) is 8.78 Å². The number of amides is 1. The van der Waals surface area contributed by atoms with E-state index in [9.17, 15) is 13.6 Å². The number of nitrogens with zero attached hydrogens (tertiary/aromatic N) is 4. The van der Waals surface area contributed by atoms with Gasteiger partial charge in [0.15, 0.2) is 11.6 Å². The Morgan fingerprint density at radius 2 is 2.06 bits per heavy atom. The maximum Gasteiger partial charge on any atom is 0.257 e. The van der Waals surface area contributed by atoms with Gasteiger partial charge in [-0.2, -0.15) is 5.10 Å². The molecule has 0 radical (unpaired) electrons. The molecule has 1 aliphatic heterocycles. The van der Waals surface area contributed by atoms with Crippen molar-refractivity contribution in [1.82, 2.24) is 24.6 Å². The molecule has 6 nitrogen and oxygen atoms in total. The van der Waals surface area contributed by atoms with Crippen LogP contribution in [0.25, 0.3) is 22.2 Å². The van der Waals surface area contributed by atoms with Crippen LogP contribution in [-0.4, -0.2) is 42.6 Å². The van der Waals surface area contributed by atoms with Gasteiger partial charge in [0.2, 0.25) is 0 Å². The van der Waals surface area contributed by atoms with Crippen molar-refractivity contribution in [3.05, 3.63) is 72.3 Å². The summed E-state index contributed by atoms with van der Waals surface area (Å²) in [6.45, 7) is 5.07. The Balaban J connectivity index is 1.37. The summed E-state index contributed by atoms with van der Waals surface area (Å²) < 4.78 is 30.0. The van der Waals surface area contributed by atoms with Crippen LogP contribution in [0.2, 0.25) is 0 Å². The van der Waals surface area contributed by atoms with E-state index in [-0.39, 0.29) is 11.5 Å². The highest BCUT2D eigenvalue weighted by molar-refractivity contribution is 5.95. The molecule has 1 atom stereocenters. The molecule has 1 aromatic carbocycles. The first kappa shape index (κ1) is 20.4. The smallest absolute Gasteiger partial charge is 0.257 e. The summed E-state index contributed by atoms with van der Waals surface area (Å²) in [5.41, 5.74) is 2.14. The minimum Gasteiger partial charge on any atom is -0.333 e. The molecular weight excluding hydrogens is 412 g/mol. The van der Waals surface area contributed by atoms with Crippen LogP contribution in [0.1, 0.15) is 30.6 Å². The largest absolute Gasteiger partial charge is 0.333 e. The van der Waals surface area contributed by atoms with E-state index in [1.54, 1.807) is 11.1 Å². The first-order valence-electron chi connectivity index (χ1n) is 10.5. The number of carbonyl (C=O) groups is 1. The van der Waals surface area contributed by atoms with Gasteiger partial charge >= 0.3 is 0 Å². The van der Waals surface area contributed by atoms with Crippen LogP contribution in [-0.2, 0) is 6.54 Å². The Morgan fingerprint density at radius 1 is 1.22 bits per heavy atom. The minimum atomic E-state index is -1.09. The molecule has 0 bridgehead atoms. The predicted octanol–water partition coefficient (Wildman–Crippen LogP) is 4.65. The highest BCUT2D eigenvalue weighted by atomic mass is 19.2. The zero-order valence-electron chi connectivity index (χ0n) is 17.8. The molecular formula is C24H23F2N5O. The third-order valence-corrected chi connectivity index (χ3v) is 6.27. The standard InChI is InChI=1S/C24H23F2N5O/c1-24(2)9-15(14-31(24)23(32)19-4-3-5-20(25)21(19)26)13-30-7-6-16-8-17(10-27-22(16)30)18-11-28-29-12-18/h3-8,10-12,15H,9,13-14H2,1-2H3,(H,28,29). The maximum atomic E-state index is 14.2. The van der Waals surface area contributed by atoms with Gasteiger partial charge in [0.25, 0.3) is 5.91 Å². The Hall–Kier alpha value is -3.55. The van der Waals surface area contributed by atoms with Gasteiger partial charge in [-0.25, -0.2) is 13.8 Å². The molecule has 0 saturated carbocycles. The lowest BCUT2D eigenvalue weighted by Crippen LogP contribution is -2.43. The molecule has 164 valence electrons. The van der Waals surface area contributed by atoms with Crippen molar-refractivity contribution in [3.8, 4) is 11.1 Å². The SMILES string of the molecule is CC1(C)CC(Cn2ccc3cc(-c4cn[nH]c4)cnc32)CN1C(=O)c1cccc(F)c1F. The summed E-state index contributed by atoms with van der Waals surface area (Å²) in [6.07, 6.45) is 8.16. The van der Waals surface area contributed by atoms with Gasteiger partial charge in [-0.1, -0.05) is 6.07 Å². The first-order valence-corrected chi connectivity index (χ1v) is 10.5. The number of H-pyrrole nitrogens is 1. The molecule has 32 heavy (non-hydrogen) atoms. The zero-order chi connectivity index (χ0) is 22.5. The number of likely N-dealkylation sites (tertiary alicyclic amines) is 1. The van der Waals surface area contributed by atoms with E-state index in [1.165, 1.54) is 12.1 Å². The highest BCUT2D eigenvalue weighted by Gasteiger charge is 2.42. The van der Waals surface area contributed by atoms with Crippen LogP contribution >= 0.6 is 0 Å². The van der Waals surface area contributed by atoms with Gasteiger partial charge in [-0.15, -0.1) is 0 Å². The van der Waals surface area contributed by atoms with Crippen LogP contribution in [0.15, 0.2) is 55.1 Å². The van der Waals surface area contributed by atoms with Gasteiger partial charge in [0, 0.05) is 53.7 Å². The lowest BCUT2D eigenvalue weighted by molar-refractivity contribution is 0.0643. The molecule has 0 spiro atoms. The molecule has 1 N–H and O–H groups in total. The molecule has 8 heteroatoms. The van der Waals surface area contributed by atoms with E-state index in [0.717, 1.165) is 34.6 Å². The van der Waals surface area contributed by atoms with Gasteiger partial charge < -0.3 is 9.47 Å². The fourth-order valence-corrected chi connectivity index (χ4v) is 4.75. The van der Waals surface area contributed by atoms with E-state index < -0.39 is 23.1 Å². The van der Waals surface area contributed by atoms with Crippen molar-refractivity contribution in [2.75, 3.05) is 6.54 Å². The lowest BCUT2D eigenvalue weighted by atomic mass is 9.96. The van der Waals surface area contributed by atoms with Gasteiger partial charge in [0.05, 0.1) is 11.8 Å². The number of aromatic nitrogens is 4. The van der Waals surface area contributed by atoms with E-state index in [2.05, 4.69) is 25.8 Å². The molecule has 4 heterocycles. The van der Waals surface area contributed by atoms with Crippen molar-refractivity contribution in [2.45, 2.75) is 32.4 Å². The predicted molar refractivity (Wildman–Crippen MR) is 117 cm³/mol. The normalized spacial score (nSPS) is 17.9. The molecule has 0 aliphatic carbocycles. The number of pyridine rings is 1. The van der Waals surface area contributed by atoms with Crippen LogP contribution in [0.5, 0.6) is 0 Å². The minimum absolute atomic E-state index is 0.163. The highest BCUT2D eigenvalue weighted by Crippen LogP contribution is 2.36. The van der Waals surface area contributed by atoms with Crippen molar-refractivity contribution >= 4 is 16.9 Å². The molecule has 1 amide bonds. The number of rotatable bonds is 4. The van der Waals surface area contributed by atoms with E-state index in [1.807, 2.05) is 38.5 Å². The second-order valence-corrected chi connectivity index (χ2v) is 8.99. The third kappa shape index (κ3) is 3.45. The summed E-state index contributed by atoms with van der Waals surface area (Å²) in [7, 11) is 0. The zero-order valence-corrected chi connectivity index (χ0v) is 17.8. The van der Waals surface area contributed by atoms with Crippen LogP contribution in [0.3, 0.4) is 0 Å². The van der Waals surface area contributed by atoms with Crippen molar-refractivity contribution in [2.24, 2.45) is 5.92 Å². The van der Waals surface area contributed by atoms with Crippen LogP contribution < -0.4 is 0 Å². The number of benzene rings is 1. The van der Waals surface area contributed by atoms with Crippen molar-refractivity contribution in [1.29, 1.82) is 0 Å². The molecule has 3 aromatic heterocycles. The quantitative estimate of drug-likeness (QED) is 0.508. The average Bonchev–Trinajstić information content (AvgIpc) is 3.49. The summed E-state index contributed by atoms with van der Waals surface area (Å²) in [5.74, 6) is -2.42. The van der Waals surface area contributed by atoms with Gasteiger partial charge in [0.1, 0.15) is 5.65 Å². The fraction of sp³-hybridized carbons (Fsp3) is 0.292. The lowest BCUT2D eigenvalue weighted by Gasteiger charge is -2.31. The second kappa shape index (κ2) is 7.55. The average molecular weight is 435 g/mol. The molecule has 5 rings (SSSR count). The summed E-state index contributed by atoms with van der Waals surface area (Å²) >= 11 is 0. The maximum absolute atomic E-state index is 14.2.